The fraction of sp³-hybridized carbons (Fsp3) is 0.556. The Balaban J connectivity index is 2.00. The quantitative estimate of drug-likeness (QED) is 0.555. The molecule has 184 valence electrons. The van der Waals surface area contributed by atoms with E-state index in [9.17, 15) is 14.7 Å². The summed E-state index contributed by atoms with van der Waals surface area (Å²) in [5.41, 5.74) is 4.07. The number of anilines is 1. The lowest BCUT2D eigenvalue weighted by atomic mass is 9.89. The number of carboxylic acid groups (broad SMARTS) is 1. The summed E-state index contributed by atoms with van der Waals surface area (Å²) in [5, 5.41) is 13.0. The monoisotopic (exact) mass is 466 g/mol. The number of carbonyl (C=O) groups is 2. The van der Waals surface area contributed by atoms with Crippen molar-refractivity contribution in [2.45, 2.75) is 66.2 Å². The summed E-state index contributed by atoms with van der Waals surface area (Å²) in [6.07, 6.45) is 3.02. The van der Waals surface area contributed by atoms with Gasteiger partial charge in [-0.05, 0) is 39.0 Å². The van der Waals surface area contributed by atoms with Gasteiger partial charge in [0.05, 0.1) is 17.5 Å². The SMILES string of the molecule is CCCC(C(=O)O)c1c(C)nc(N2CCCC(C(=O)NCC(C)C)C2)nc1-c1ccc(C)cc1. The lowest BCUT2D eigenvalue weighted by Crippen LogP contribution is -2.44. The van der Waals surface area contributed by atoms with Crippen LogP contribution in [0.2, 0.25) is 0 Å². The molecule has 34 heavy (non-hydrogen) atoms. The van der Waals surface area contributed by atoms with Gasteiger partial charge in [-0.3, -0.25) is 9.59 Å². The summed E-state index contributed by atoms with van der Waals surface area (Å²) in [7, 11) is 0. The number of hydrogen-bond donors (Lipinski definition) is 2. The minimum atomic E-state index is -0.852. The number of aromatic nitrogens is 2. The fourth-order valence-electron chi connectivity index (χ4n) is 4.56. The van der Waals surface area contributed by atoms with Gasteiger partial charge >= 0.3 is 5.97 Å². The first-order chi connectivity index (χ1) is 16.2. The Bertz CT molecular complexity index is 1000. The van der Waals surface area contributed by atoms with E-state index in [4.69, 9.17) is 9.97 Å². The highest BCUT2D eigenvalue weighted by Crippen LogP contribution is 2.35. The average molecular weight is 467 g/mol. The standard InChI is InChI=1S/C27H38N4O3/c1-6-8-22(26(33)34)23-19(5)29-27(30-24(23)20-12-10-18(4)11-13-20)31-14-7-9-21(16-31)25(32)28-15-17(2)3/h10-13,17,21-22H,6-9,14-16H2,1-5H3,(H,28,32)(H,33,34). The Kier molecular flexibility index (Phi) is 8.64. The van der Waals surface area contributed by atoms with Crippen LogP contribution in [-0.4, -0.2) is 46.6 Å². The number of benzene rings is 1. The van der Waals surface area contributed by atoms with Crippen molar-refractivity contribution in [2.24, 2.45) is 11.8 Å². The lowest BCUT2D eigenvalue weighted by Gasteiger charge is -2.33. The maximum atomic E-state index is 12.7. The van der Waals surface area contributed by atoms with E-state index in [-0.39, 0.29) is 11.8 Å². The molecule has 0 bridgehead atoms. The van der Waals surface area contributed by atoms with E-state index in [0.717, 1.165) is 36.9 Å². The molecule has 1 aliphatic rings. The number of nitrogens with zero attached hydrogens (tertiary/aromatic N) is 3. The van der Waals surface area contributed by atoms with Crippen LogP contribution in [0.15, 0.2) is 24.3 Å². The number of hydrogen-bond acceptors (Lipinski definition) is 5. The molecule has 1 fully saturated rings. The summed E-state index contributed by atoms with van der Waals surface area (Å²) < 4.78 is 0. The molecule has 0 saturated carbocycles. The Labute approximate surface area is 203 Å². The molecule has 2 atom stereocenters. The van der Waals surface area contributed by atoms with Crippen LogP contribution in [0, 0.1) is 25.7 Å². The minimum Gasteiger partial charge on any atom is -0.481 e. The number of aryl methyl sites for hydroxylation is 2. The molecular formula is C27H38N4O3. The van der Waals surface area contributed by atoms with Gasteiger partial charge in [-0.2, -0.15) is 0 Å². The van der Waals surface area contributed by atoms with E-state index in [1.54, 1.807) is 0 Å². The van der Waals surface area contributed by atoms with Gasteiger partial charge in [-0.1, -0.05) is 57.0 Å². The predicted octanol–water partition coefficient (Wildman–Crippen LogP) is 4.72. The van der Waals surface area contributed by atoms with Crippen molar-refractivity contribution in [3.63, 3.8) is 0 Å². The molecule has 1 aromatic carbocycles. The number of carbonyl (C=O) groups excluding carboxylic acids is 1. The van der Waals surface area contributed by atoms with Crippen LogP contribution < -0.4 is 10.2 Å². The highest BCUT2D eigenvalue weighted by atomic mass is 16.4. The molecule has 2 N–H and O–H groups in total. The van der Waals surface area contributed by atoms with Gasteiger partial charge in [-0.15, -0.1) is 0 Å². The molecule has 1 amide bonds. The van der Waals surface area contributed by atoms with Crippen molar-refractivity contribution in [1.82, 2.24) is 15.3 Å². The third-order valence-electron chi connectivity index (χ3n) is 6.43. The van der Waals surface area contributed by atoms with Crippen LogP contribution >= 0.6 is 0 Å². The molecule has 1 saturated heterocycles. The van der Waals surface area contributed by atoms with E-state index in [1.807, 2.05) is 45.0 Å². The molecule has 7 heteroatoms. The first-order valence-electron chi connectivity index (χ1n) is 12.4. The van der Waals surface area contributed by atoms with Crippen LogP contribution in [0.25, 0.3) is 11.3 Å². The Morgan fingerprint density at radius 1 is 1.18 bits per heavy atom. The molecule has 7 nitrogen and oxygen atoms in total. The van der Waals surface area contributed by atoms with Crippen molar-refractivity contribution in [1.29, 1.82) is 0 Å². The summed E-state index contributed by atoms with van der Waals surface area (Å²) >= 11 is 0. The molecule has 0 aliphatic carbocycles. The largest absolute Gasteiger partial charge is 0.481 e. The van der Waals surface area contributed by atoms with Gasteiger partial charge in [0.15, 0.2) is 0 Å². The number of nitrogens with one attached hydrogen (secondary N) is 1. The van der Waals surface area contributed by atoms with Crippen molar-refractivity contribution >= 4 is 17.8 Å². The van der Waals surface area contributed by atoms with Crippen molar-refractivity contribution in [2.75, 3.05) is 24.5 Å². The van der Waals surface area contributed by atoms with E-state index in [0.29, 0.717) is 48.3 Å². The Morgan fingerprint density at radius 2 is 1.88 bits per heavy atom. The first-order valence-corrected chi connectivity index (χ1v) is 12.4. The van der Waals surface area contributed by atoms with Crippen LogP contribution in [0.4, 0.5) is 5.95 Å². The van der Waals surface area contributed by atoms with Gasteiger partial charge in [0.2, 0.25) is 11.9 Å². The number of amides is 1. The fourth-order valence-corrected chi connectivity index (χ4v) is 4.56. The summed E-state index contributed by atoms with van der Waals surface area (Å²) in [4.78, 5) is 36.7. The number of carboxylic acids is 1. The molecule has 2 heterocycles. The zero-order valence-corrected chi connectivity index (χ0v) is 21.1. The second-order valence-electron chi connectivity index (χ2n) is 9.84. The number of rotatable bonds is 9. The maximum Gasteiger partial charge on any atom is 0.311 e. The minimum absolute atomic E-state index is 0.0828. The van der Waals surface area contributed by atoms with Gasteiger partial charge in [0, 0.05) is 36.5 Å². The molecule has 2 aromatic rings. The van der Waals surface area contributed by atoms with Crippen molar-refractivity contribution < 1.29 is 14.7 Å². The third-order valence-corrected chi connectivity index (χ3v) is 6.43. The highest BCUT2D eigenvalue weighted by Gasteiger charge is 2.31. The van der Waals surface area contributed by atoms with Gasteiger partial charge in [0.1, 0.15) is 0 Å². The van der Waals surface area contributed by atoms with Crippen LogP contribution in [0.5, 0.6) is 0 Å². The normalized spacial score (nSPS) is 17.0. The maximum absolute atomic E-state index is 12.7. The molecule has 0 spiro atoms. The summed E-state index contributed by atoms with van der Waals surface area (Å²) in [6.45, 7) is 12.1. The lowest BCUT2D eigenvalue weighted by molar-refractivity contribution is -0.139. The average Bonchev–Trinajstić information content (AvgIpc) is 2.81. The number of aliphatic carboxylic acids is 1. The second kappa shape index (κ2) is 11.4. The van der Waals surface area contributed by atoms with Gasteiger partial charge < -0.3 is 15.3 Å². The Hall–Kier alpha value is -2.96. The van der Waals surface area contributed by atoms with E-state index in [2.05, 4.69) is 24.1 Å². The smallest absolute Gasteiger partial charge is 0.311 e. The molecule has 3 rings (SSSR count). The van der Waals surface area contributed by atoms with E-state index in [1.165, 1.54) is 0 Å². The van der Waals surface area contributed by atoms with Crippen LogP contribution in [-0.2, 0) is 9.59 Å². The number of piperidine rings is 1. The molecular weight excluding hydrogens is 428 g/mol. The summed E-state index contributed by atoms with van der Waals surface area (Å²) in [6, 6.07) is 8.02. The van der Waals surface area contributed by atoms with Crippen LogP contribution in [0.3, 0.4) is 0 Å². The van der Waals surface area contributed by atoms with Crippen molar-refractivity contribution in [3.05, 3.63) is 41.1 Å². The third kappa shape index (κ3) is 6.13. The molecule has 2 unspecified atom stereocenters. The highest BCUT2D eigenvalue weighted by molar-refractivity contribution is 5.81. The second-order valence-corrected chi connectivity index (χ2v) is 9.84. The zero-order valence-electron chi connectivity index (χ0n) is 21.1. The topological polar surface area (TPSA) is 95.4 Å². The van der Waals surface area contributed by atoms with Crippen LogP contribution in [0.1, 0.15) is 69.2 Å². The van der Waals surface area contributed by atoms with Gasteiger partial charge in [-0.25, -0.2) is 9.97 Å². The van der Waals surface area contributed by atoms with E-state index >= 15 is 0 Å². The predicted molar refractivity (Wildman–Crippen MR) is 135 cm³/mol. The zero-order chi connectivity index (χ0) is 24.8. The summed E-state index contributed by atoms with van der Waals surface area (Å²) in [5.74, 6) is -0.561. The van der Waals surface area contributed by atoms with E-state index < -0.39 is 11.9 Å². The molecule has 1 aromatic heterocycles. The first kappa shape index (κ1) is 25.7. The molecule has 1 aliphatic heterocycles. The Morgan fingerprint density at radius 3 is 2.50 bits per heavy atom. The molecule has 0 radical (unpaired) electrons. The van der Waals surface area contributed by atoms with Crippen molar-refractivity contribution in [3.8, 4) is 11.3 Å². The van der Waals surface area contributed by atoms with Gasteiger partial charge in [0.25, 0.3) is 0 Å².